The Kier molecular flexibility index (Phi) is 7.28. The van der Waals surface area contributed by atoms with Crippen LogP contribution in [0.1, 0.15) is 12.0 Å². The maximum atomic E-state index is 8.71. The number of tetrazole rings is 1. The predicted molar refractivity (Wildman–Crippen MR) is 102 cm³/mol. The molecule has 0 radical (unpaired) electrons. The third-order valence-corrected chi connectivity index (χ3v) is 3.87. The summed E-state index contributed by atoms with van der Waals surface area (Å²) in [4.78, 5) is 0. The molecule has 3 rings (SSSR count). The van der Waals surface area contributed by atoms with Gasteiger partial charge < -0.3 is 20.5 Å². The van der Waals surface area contributed by atoms with E-state index in [1.165, 1.54) is 0 Å². The molecule has 3 N–H and O–H groups in total. The lowest BCUT2D eigenvalue weighted by Crippen LogP contribution is -2.23. The van der Waals surface area contributed by atoms with Crippen LogP contribution in [0.3, 0.4) is 0 Å². The summed E-state index contributed by atoms with van der Waals surface area (Å²) < 4.78 is 7.44. The number of aliphatic hydroxyl groups is 1. The second-order valence-electron chi connectivity index (χ2n) is 5.96. The van der Waals surface area contributed by atoms with Crippen molar-refractivity contribution in [1.29, 1.82) is 0 Å². The van der Waals surface area contributed by atoms with E-state index >= 15 is 0 Å². The van der Waals surface area contributed by atoms with Gasteiger partial charge in [0.2, 0.25) is 0 Å². The summed E-state index contributed by atoms with van der Waals surface area (Å²) in [6, 6.07) is 17.8. The van der Waals surface area contributed by atoms with Crippen LogP contribution in [0.25, 0.3) is 5.69 Å². The normalized spacial score (nSPS) is 10.9. The summed E-state index contributed by atoms with van der Waals surface area (Å²) >= 11 is 0. The molecule has 0 saturated heterocycles. The number of benzene rings is 2. The number of hydrogen-bond acceptors (Lipinski definition) is 7. The fourth-order valence-corrected chi connectivity index (χ4v) is 2.57. The summed E-state index contributed by atoms with van der Waals surface area (Å²) in [6.45, 7) is 3.35. The van der Waals surface area contributed by atoms with Gasteiger partial charge in [-0.1, -0.05) is 35.4 Å². The van der Waals surface area contributed by atoms with Crippen molar-refractivity contribution in [3.8, 4) is 17.4 Å². The van der Waals surface area contributed by atoms with Crippen LogP contribution in [0.15, 0.2) is 54.6 Å². The number of aromatic nitrogens is 4. The van der Waals surface area contributed by atoms with Gasteiger partial charge >= 0.3 is 6.01 Å². The summed E-state index contributed by atoms with van der Waals surface area (Å²) in [6.07, 6.45) is 1.00. The van der Waals surface area contributed by atoms with E-state index < -0.39 is 0 Å². The molecule has 0 aliphatic carbocycles. The van der Waals surface area contributed by atoms with Gasteiger partial charge in [-0.25, -0.2) is 0 Å². The van der Waals surface area contributed by atoms with E-state index in [4.69, 9.17) is 9.84 Å². The highest BCUT2D eigenvalue weighted by atomic mass is 16.5. The predicted octanol–water partition coefficient (Wildman–Crippen LogP) is 1.52. The van der Waals surface area contributed by atoms with Crippen molar-refractivity contribution >= 4 is 0 Å². The first-order valence-corrected chi connectivity index (χ1v) is 9.00. The summed E-state index contributed by atoms with van der Waals surface area (Å²) in [7, 11) is 0. The van der Waals surface area contributed by atoms with Crippen molar-refractivity contribution < 1.29 is 9.84 Å². The zero-order chi connectivity index (χ0) is 18.7. The Bertz CT molecular complexity index is 809. The number of para-hydroxylation sites is 1. The second kappa shape index (κ2) is 10.4. The van der Waals surface area contributed by atoms with Gasteiger partial charge in [0.05, 0.1) is 12.3 Å². The first-order chi connectivity index (χ1) is 13.4. The molecule has 0 unspecified atom stereocenters. The van der Waals surface area contributed by atoms with Crippen molar-refractivity contribution in [3.05, 3.63) is 60.2 Å². The largest absolute Gasteiger partial charge is 0.423 e. The van der Waals surface area contributed by atoms with Crippen LogP contribution < -0.4 is 15.4 Å². The van der Waals surface area contributed by atoms with Gasteiger partial charge in [0.15, 0.2) is 0 Å². The molecule has 27 heavy (non-hydrogen) atoms. The van der Waals surface area contributed by atoms with Crippen LogP contribution >= 0.6 is 0 Å². The maximum Gasteiger partial charge on any atom is 0.345 e. The number of aliphatic hydroxyl groups excluding tert-OH is 1. The molecule has 8 nitrogen and oxygen atoms in total. The quantitative estimate of drug-likeness (QED) is 0.442. The van der Waals surface area contributed by atoms with E-state index in [-0.39, 0.29) is 6.61 Å². The lowest BCUT2D eigenvalue weighted by Gasteiger charge is -2.09. The number of nitrogens with one attached hydrogen (secondary N) is 2. The first-order valence-electron chi connectivity index (χ1n) is 9.00. The lowest BCUT2D eigenvalue weighted by molar-refractivity contribution is 0.292. The van der Waals surface area contributed by atoms with Crippen LogP contribution in [0.2, 0.25) is 0 Å². The van der Waals surface area contributed by atoms with Gasteiger partial charge in [-0.3, -0.25) is 0 Å². The highest BCUT2D eigenvalue weighted by Gasteiger charge is 2.10. The van der Waals surface area contributed by atoms with Crippen molar-refractivity contribution in [3.63, 3.8) is 0 Å². The molecule has 3 aromatic rings. The van der Waals surface area contributed by atoms with E-state index in [1.54, 1.807) is 4.68 Å². The molecule has 0 bridgehead atoms. The van der Waals surface area contributed by atoms with E-state index in [0.717, 1.165) is 37.3 Å². The fourth-order valence-electron chi connectivity index (χ4n) is 2.57. The minimum atomic E-state index is 0.174. The zero-order valence-electron chi connectivity index (χ0n) is 15.1. The SMILES string of the molecule is OCCNCCCNCc1cccc(Oc2nnnn2-c2ccccc2)c1. The van der Waals surface area contributed by atoms with E-state index in [1.807, 2.05) is 54.6 Å². The number of rotatable bonds is 11. The molecule has 0 atom stereocenters. The molecule has 1 heterocycles. The Morgan fingerprint density at radius 3 is 2.67 bits per heavy atom. The van der Waals surface area contributed by atoms with Gasteiger partial charge in [-0.15, -0.1) is 0 Å². The molecule has 0 saturated carbocycles. The van der Waals surface area contributed by atoms with Gasteiger partial charge in [-0.05, 0) is 59.8 Å². The smallest absolute Gasteiger partial charge is 0.345 e. The standard InChI is InChI=1S/C19H24N6O2/c26-13-12-20-10-5-11-21-15-16-6-4-9-18(14-16)27-19-22-23-24-25(19)17-7-2-1-3-8-17/h1-4,6-9,14,20-21,26H,5,10-13,15H2. The Morgan fingerprint density at radius 2 is 1.81 bits per heavy atom. The zero-order valence-corrected chi connectivity index (χ0v) is 15.1. The molecule has 0 spiro atoms. The van der Waals surface area contributed by atoms with Gasteiger partial charge in [0, 0.05) is 13.1 Å². The van der Waals surface area contributed by atoms with Crippen molar-refractivity contribution in [1.82, 2.24) is 30.8 Å². The maximum absolute atomic E-state index is 8.71. The molecular weight excluding hydrogens is 344 g/mol. The first kappa shape index (κ1) is 19.0. The summed E-state index contributed by atoms with van der Waals surface area (Å²) in [5, 5.41) is 26.9. The van der Waals surface area contributed by atoms with E-state index in [0.29, 0.717) is 18.3 Å². The topological polar surface area (TPSA) is 97.1 Å². The molecule has 0 aliphatic rings. The molecule has 0 amide bonds. The molecular formula is C19H24N6O2. The highest BCUT2D eigenvalue weighted by molar-refractivity contribution is 5.34. The third-order valence-electron chi connectivity index (χ3n) is 3.87. The second-order valence-corrected chi connectivity index (χ2v) is 5.96. The van der Waals surface area contributed by atoms with Crippen LogP contribution in [0.4, 0.5) is 0 Å². The van der Waals surface area contributed by atoms with Crippen molar-refractivity contribution in [2.75, 3.05) is 26.2 Å². The lowest BCUT2D eigenvalue weighted by atomic mass is 10.2. The van der Waals surface area contributed by atoms with E-state index in [9.17, 15) is 0 Å². The minimum absolute atomic E-state index is 0.174. The monoisotopic (exact) mass is 368 g/mol. The summed E-state index contributed by atoms with van der Waals surface area (Å²) in [5.74, 6) is 0.686. The number of ether oxygens (including phenoxy) is 1. The molecule has 0 fully saturated rings. The van der Waals surface area contributed by atoms with Crippen LogP contribution in [0, 0.1) is 0 Å². The molecule has 1 aromatic heterocycles. The fraction of sp³-hybridized carbons (Fsp3) is 0.316. The molecule has 2 aromatic carbocycles. The van der Waals surface area contributed by atoms with Crippen LogP contribution in [-0.4, -0.2) is 51.6 Å². The number of nitrogens with zero attached hydrogens (tertiary/aromatic N) is 4. The van der Waals surface area contributed by atoms with Gasteiger partial charge in [0.1, 0.15) is 5.75 Å². The van der Waals surface area contributed by atoms with Gasteiger partial charge in [-0.2, -0.15) is 4.68 Å². The van der Waals surface area contributed by atoms with Crippen molar-refractivity contribution in [2.24, 2.45) is 0 Å². The summed E-state index contributed by atoms with van der Waals surface area (Å²) in [5.41, 5.74) is 1.96. The molecule has 0 aliphatic heterocycles. The average Bonchev–Trinajstić information content (AvgIpc) is 3.16. The minimum Gasteiger partial charge on any atom is -0.423 e. The van der Waals surface area contributed by atoms with Crippen molar-refractivity contribution in [2.45, 2.75) is 13.0 Å². The average molecular weight is 368 g/mol. The van der Waals surface area contributed by atoms with Crippen LogP contribution in [-0.2, 0) is 6.54 Å². The Balaban J connectivity index is 1.54. The van der Waals surface area contributed by atoms with Gasteiger partial charge in [0.25, 0.3) is 0 Å². The Labute approximate surface area is 158 Å². The van der Waals surface area contributed by atoms with E-state index in [2.05, 4.69) is 26.2 Å². The Hall–Kier alpha value is -2.81. The molecule has 142 valence electrons. The van der Waals surface area contributed by atoms with Crippen LogP contribution in [0.5, 0.6) is 11.8 Å². The third kappa shape index (κ3) is 5.85. The molecule has 8 heteroatoms. The number of hydrogen-bond donors (Lipinski definition) is 3. The highest BCUT2D eigenvalue weighted by Crippen LogP contribution is 2.22. The Morgan fingerprint density at radius 1 is 0.963 bits per heavy atom.